The van der Waals surface area contributed by atoms with Gasteiger partial charge in [0.15, 0.2) is 0 Å². The Balaban J connectivity index is 2.04. The van der Waals surface area contributed by atoms with E-state index in [-0.39, 0.29) is 11.1 Å². The maximum atomic E-state index is 13.4. The summed E-state index contributed by atoms with van der Waals surface area (Å²) in [5.74, 6) is -1.38. The fraction of sp³-hybridized carbons (Fsp3) is 0. The van der Waals surface area contributed by atoms with Gasteiger partial charge in [0.05, 0.1) is 6.21 Å². The normalized spacial score (nSPS) is 10.8. The zero-order valence-electron chi connectivity index (χ0n) is 10.1. The highest BCUT2D eigenvalue weighted by Gasteiger charge is 2.04. The van der Waals surface area contributed by atoms with Crippen molar-refractivity contribution >= 4 is 28.1 Å². The second-order valence-electron chi connectivity index (χ2n) is 3.87. The summed E-state index contributed by atoms with van der Waals surface area (Å²) in [5, 5.41) is 3.66. The summed E-state index contributed by atoms with van der Waals surface area (Å²) in [6, 6.07) is 9.39. The van der Waals surface area contributed by atoms with Gasteiger partial charge in [-0.2, -0.15) is 5.10 Å². The van der Waals surface area contributed by atoms with Crippen molar-refractivity contribution < 1.29 is 13.6 Å². The third-order valence-corrected chi connectivity index (χ3v) is 2.93. The largest absolute Gasteiger partial charge is 0.271 e. The van der Waals surface area contributed by atoms with E-state index in [1.54, 1.807) is 6.07 Å². The molecule has 0 aliphatic rings. The molecule has 0 saturated carbocycles. The number of carbonyl (C=O) groups excluding carboxylic acids is 1. The van der Waals surface area contributed by atoms with Gasteiger partial charge >= 0.3 is 0 Å². The molecule has 1 amide bonds. The van der Waals surface area contributed by atoms with Gasteiger partial charge in [-0.05, 0) is 42.5 Å². The third-order valence-electron chi connectivity index (χ3n) is 2.43. The summed E-state index contributed by atoms with van der Waals surface area (Å²) >= 11 is 3.21. The van der Waals surface area contributed by atoms with Crippen molar-refractivity contribution in [2.75, 3.05) is 0 Å². The number of rotatable bonds is 3. The van der Waals surface area contributed by atoms with Crippen LogP contribution in [0.25, 0.3) is 0 Å². The first-order chi connectivity index (χ1) is 9.56. The van der Waals surface area contributed by atoms with Gasteiger partial charge in [-0.3, -0.25) is 4.79 Å². The number of amides is 1. The molecular weight excluding hydrogens is 330 g/mol. The fourth-order valence-electron chi connectivity index (χ4n) is 1.44. The average molecular weight is 339 g/mol. The van der Waals surface area contributed by atoms with Crippen LogP contribution < -0.4 is 5.43 Å². The zero-order valence-corrected chi connectivity index (χ0v) is 11.7. The van der Waals surface area contributed by atoms with E-state index in [0.29, 0.717) is 4.47 Å². The van der Waals surface area contributed by atoms with Crippen LogP contribution in [0.3, 0.4) is 0 Å². The van der Waals surface area contributed by atoms with Gasteiger partial charge in [0.1, 0.15) is 11.6 Å². The molecule has 2 aromatic carbocycles. The van der Waals surface area contributed by atoms with Gasteiger partial charge in [-0.25, -0.2) is 14.2 Å². The fourth-order valence-corrected chi connectivity index (χ4v) is 1.82. The number of hydrogen-bond acceptors (Lipinski definition) is 2. The van der Waals surface area contributed by atoms with Gasteiger partial charge in [0, 0.05) is 15.6 Å². The molecule has 20 heavy (non-hydrogen) atoms. The molecule has 0 radical (unpaired) electrons. The van der Waals surface area contributed by atoms with Gasteiger partial charge in [0.25, 0.3) is 5.91 Å². The van der Waals surface area contributed by atoms with Gasteiger partial charge in [0.2, 0.25) is 0 Å². The second-order valence-corrected chi connectivity index (χ2v) is 4.79. The number of hydrogen-bond donors (Lipinski definition) is 1. The molecule has 2 rings (SSSR count). The van der Waals surface area contributed by atoms with Crippen molar-refractivity contribution in [1.29, 1.82) is 0 Å². The zero-order chi connectivity index (χ0) is 14.5. The quantitative estimate of drug-likeness (QED) is 0.675. The molecule has 0 aromatic heterocycles. The van der Waals surface area contributed by atoms with Gasteiger partial charge in [-0.15, -0.1) is 0 Å². The van der Waals surface area contributed by atoms with Gasteiger partial charge < -0.3 is 0 Å². The van der Waals surface area contributed by atoms with E-state index in [1.165, 1.54) is 42.6 Å². The van der Waals surface area contributed by atoms with Gasteiger partial charge in [-0.1, -0.05) is 15.9 Å². The number of carbonyl (C=O) groups is 1. The first-order valence-electron chi connectivity index (χ1n) is 5.60. The molecule has 0 bridgehead atoms. The first-order valence-corrected chi connectivity index (χ1v) is 6.39. The lowest BCUT2D eigenvalue weighted by Gasteiger charge is -2.00. The summed E-state index contributed by atoms with van der Waals surface area (Å²) in [4.78, 5) is 11.6. The molecule has 1 N–H and O–H groups in total. The topological polar surface area (TPSA) is 41.5 Å². The summed E-state index contributed by atoms with van der Waals surface area (Å²) < 4.78 is 26.8. The van der Waals surface area contributed by atoms with E-state index in [1.807, 2.05) is 0 Å². The van der Waals surface area contributed by atoms with E-state index in [0.717, 1.165) is 0 Å². The lowest BCUT2D eigenvalue weighted by Crippen LogP contribution is -2.17. The SMILES string of the molecule is O=C(N/N=C\c1cc(Br)ccc1F)c1ccc(F)cc1. The minimum atomic E-state index is -0.503. The van der Waals surface area contributed by atoms with Crippen molar-refractivity contribution in [3.05, 3.63) is 69.7 Å². The van der Waals surface area contributed by atoms with E-state index in [2.05, 4.69) is 26.5 Å². The molecule has 102 valence electrons. The summed E-state index contributed by atoms with van der Waals surface area (Å²) in [6.45, 7) is 0. The van der Waals surface area contributed by atoms with Crippen LogP contribution in [0.4, 0.5) is 8.78 Å². The molecule has 0 spiro atoms. The van der Waals surface area contributed by atoms with Crippen LogP contribution in [0.15, 0.2) is 52.0 Å². The summed E-state index contributed by atoms with van der Waals surface area (Å²) in [5.41, 5.74) is 2.74. The Labute approximate surface area is 122 Å². The minimum Gasteiger partial charge on any atom is -0.267 e. The maximum Gasteiger partial charge on any atom is 0.271 e. The lowest BCUT2D eigenvalue weighted by atomic mass is 10.2. The number of nitrogens with one attached hydrogen (secondary N) is 1. The lowest BCUT2D eigenvalue weighted by molar-refractivity contribution is 0.0955. The van der Waals surface area contributed by atoms with Crippen LogP contribution in [-0.2, 0) is 0 Å². The molecule has 0 unspecified atom stereocenters. The van der Waals surface area contributed by atoms with E-state index in [9.17, 15) is 13.6 Å². The Morgan fingerprint density at radius 1 is 1.15 bits per heavy atom. The highest BCUT2D eigenvalue weighted by molar-refractivity contribution is 9.10. The average Bonchev–Trinajstić information content (AvgIpc) is 2.43. The van der Waals surface area contributed by atoms with Crippen LogP contribution >= 0.6 is 15.9 Å². The Bertz CT molecular complexity index is 657. The number of benzene rings is 2. The molecule has 0 aliphatic carbocycles. The highest BCUT2D eigenvalue weighted by atomic mass is 79.9. The molecule has 0 atom stereocenters. The van der Waals surface area contributed by atoms with E-state index >= 15 is 0 Å². The smallest absolute Gasteiger partial charge is 0.267 e. The summed E-state index contributed by atoms with van der Waals surface area (Å²) in [7, 11) is 0. The van der Waals surface area contributed by atoms with Crippen molar-refractivity contribution in [2.45, 2.75) is 0 Å². The summed E-state index contributed by atoms with van der Waals surface area (Å²) in [6.07, 6.45) is 1.20. The molecule has 0 heterocycles. The molecule has 0 fully saturated rings. The highest BCUT2D eigenvalue weighted by Crippen LogP contribution is 2.13. The molecule has 0 saturated heterocycles. The Hall–Kier alpha value is -2.08. The van der Waals surface area contributed by atoms with E-state index < -0.39 is 17.5 Å². The first kappa shape index (κ1) is 14.3. The van der Waals surface area contributed by atoms with Crippen LogP contribution in [0.2, 0.25) is 0 Å². The Kier molecular flexibility index (Phi) is 4.57. The standard InChI is InChI=1S/C14H9BrF2N2O/c15-11-3-6-13(17)10(7-11)8-18-19-14(20)9-1-4-12(16)5-2-9/h1-8H,(H,19,20)/b18-8-. The predicted molar refractivity (Wildman–Crippen MR) is 75.6 cm³/mol. The second kappa shape index (κ2) is 6.38. The van der Waals surface area contributed by atoms with Crippen LogP contribution in [0.5, 0.6) is 0 Å². The molecule has 6 heteroatoms. The van der Waals surface area contributed by atoms with Crippen molar-refractivity contribution in [3.63, 3.8) is 0 Å². The Morgan fingerprint density at radius 3 is 2.55 bits per heavy atom. The molecule has 3 nitrogen and oxygen atoms in total. The van der Waals surface area contributed by atoms with Crippen molar-refractivity contribution in [3.8, 4) is 0 Å². The molecule has 2 aromatic rings. The Morgan fingerprint density at radius 2 is 1.85 bits per heavy atom. The van der Waals surface area contributed by atoms with Crippen LogP contribution in [-0.4, -0.2) is 12.1 Å². The van der Waals surface area contributed by atoms with Crippen LogP contribution in [0.1, 0.15) is 15.9 Å². The van der Waals surface area contributed by atoms with Crippen LogP contribution in [0, 0.1) is 11.6 Å². The van der Waals surface area contributed by atoms with Crippen molar-refractivity contribution in [1.82, 2.24) is 5.43 Å². The molecule has 0 aliphatic heterocycles. The minimum absolute atomic E-state index is 0.235. The maximum absolute atomic E-state index is 13.4. The number of nitrogens with zero attached hydrogens (tertiary/aromatic N) is 1. The monoisotopic (exact) mass is 338 g/mol. The predicted octanol–water partition coefficient (Wildman–Crippen LogP) is 3.49. The molecular formula is C14H9BrF2N2O. The van der Waals surface area contributed by atoms with Crippen molar-refractivity contribution in [2.24, 2.45) is 5.10 Å². The number of hydrazone groups is 1. The number of halogens is 3. The van der Waals surface area contributed by atoms with E-state index in [4.69, 9.17) is 0 Å². The third kappa shape index (κ3) is 3.71.